The molecule has 108 valence electrons. The fourth-order valence-electron chi connectivity index (χ4n) is 1.90. The first-order valence-electron chi connectivity index (χ1n) is 5.74. The Kier molecular flexibility index (Phi) is 7.34. The van der Waals surface area contributed by atoms with Crippen LogP contribution in [0.4, 0.5) is 0 Å². The maximum absolute atomic E-state index is 6.15. The van der Waals surface area contributed by atoms with Crippen LogP contribution < -0.4 is 19.9 Å². The van der Waals surface area contributed by atoms with Gasteiger partial charge in [-0.25, -0.2) is 0 Å². The lowest BCUT2D eigenvalue weighted by Crippen LogP contribution is -2.12. The average Bonchev–Trinajstić information content (AvgIpc) is 2.35. The van der Waals surface area contributed by atoms with E-state index in [9.17, 15) is 0 Å². The Hall–Kier alpha value is -1.39. The van der Waals surface area contributed by atoms with Crippen LogP contribution in [0.5, 0.6) is 17.2 Å². The molecule has 5 heteroatoms. The summed E-state index contributed by atoms with van der Waals surface area (Å²) < 4.78 is 16.0. The SMILES string of the molecule is C=C(C)C[C@H](N)c1ccc(OC)c(OC)c1OC.Cl. The highest BCUT2D eigenvalue weighted by Gasteiger charge is 2.19. The van der Waals surface area contributed by atoms with Gasteiger partial charge in [0.1, 0.15) is 0 Å². The molecule has 0 bridgehead atoms. The molecule has 0 aliphatic carbocycles. The molecule has 0 unspecified atom stereocenters. The first-order valence-corrected chi connectivity index (χ1v) is 5.74. The van der Waals surface area contributed by atoms with Gasteiger partial charge in [0, 0.05) is 11.6 Å². The second-order valence-electron chi connectivity index (χ2n) is 4.19. The predicted molar refractivity (Wildman–Crippen MR) is 79.7 cm³/mol. The van der Waals surface area contributed by atoms with Gasteiger partial charge in [-0.1, -0.05) is 5.57 Å². The summed E-state index contributed by atoms with van der Waals surface area (Å²) in [5.41, 5.74) is 8.06. The fourth-order valence-corrected chi connectivity index (χ4v) is 1.90. The highest BCUT2D eigenvalue weighted by atomic mass is 35.5. The summed E-state index contributed by atoms with van der Waals surface area (Å²) in [4.78, 5) is 0. The van der Waals surface area contributed by atoms with Crippen LogP contribution in [0.2, 0.25) is 0 Å². The maximum Gasteiger partial charge on any atom is 0.203 e. The molecular formula is C14H22ClNO3. The fraction of sp³-hybridized carbons (Fsp3) is 0.429. The largest absolute Gasteiger partial charge is 0.493 e. The number of hydrogen-bond donors (Lipinski definition) is 1. The van der Waals surface area contributed by atoms with Crippen molar-refractivity contribution < 1.29 is 14.2 Å². The Bertz CT molecular complexity index is 435. The number of nitrogens with two attached hydrogens (primary N) is 1. The summed E-state index contributed by atoms with van der Waals surface area (Å²) in [7, 11) is 4.76. The van der Waals surface area contributed by atoms with Crippen LogP contribution in [0.3, 0.4) is 0 Å². The molecule has 19 heavy (non-hydrogen) atoms. The molecule has 0 amide bonds. The third kappa shape index (κ3) is 4.04. The van der Waals surface area contributed by atoms with Gasteiger partial charge in [-0.15, -0.1) is 19.0 Å². The van der Waals surface area contributed by atoms with Gasteiger partial charge in [0.25, 0.3) is 0 Å². The molecule has 4 nitrogen and oxygen atoms in total. The Morgan fingerprint density at radius 2 is 1.74 bits per heavy atom. The molecule has 0 radical (unpaired) electrons. The van der Waals surface area contributed by atoms with E-state index in [1.807, 2.05) is 19.1 Å². The van der Waals surface area contributed by atoms with E-state index in [0.29, 0.717) is 23.7 Å². The van der Waals surface area contributed by atoms with Gasteiger partial charge >= 0.3 is 0 Å². The number of rotatable bonds is 6. The molecule has 0 aliphatic rings. The first-order chi connectivity index (χ1) is 8.54. The molecule has 1 aromatic rings. The van der Waals surface area contributed by atoms with Crippen molar-refractivity contribution in [3.63, 3.8) is 0 Å². The monoisotopic (exact) mass is 287 g/mol. The number of benzene rings is 1. The van der Waals surface area contributed by atoms with E-state index in [0.717, 1.165) is 11.1 Å². The lowest BCUT2D eigenvalue weighted by molar-refractivity contribution is 0.320. The van der Waals surface area contributed by atoms with E-state index in [1.54, 1.807) is 21.3 Å². The van der Waals surface area contributed by atoms with Crippen molar-refractivity contribution in [3.05, 3.63) is 29.8 Å². The quantitative estimate of drug-likeness (QED) is 0.817. The predicted octanol–water partition coefficient (Wildman–Crippen LogP) is 3.10. The molecule has 0 saturated carbocycles. The Labute approximate surface area is 120 Å². The van der Waals surface area contributed by atoms with Crippen LogP contribution in [-0.4, -0.2) is 21.3 Å². The third-order valence-electron chi connectivity index (χ3n) is 2.70. The van der Waals surface area contributed by atoms with Crippen LogP contribution in [0.15, 0.2) is 24.3 Å². The topological polar surface area (TPSA) is 53.7 Å². The highest BCUT2D eigenvalue weighted by Crippen LogP contribution is 2.42. The molecule has 0 aliphatic heterocycles. The van der Waals surface area contributed by atoms with Crippen molar-refractivity contribution in [1.29, 1.82) is 0 Å². The minimum Gasteiger partial charge on any atom is -0.493 e. The molecule has 1 rings (SSSR count). The molecule has 0 aromatic heterocycles. The van der Waals surface area contributed by atoms with Crippen molar-refractivity contribution in [2.45, 2.75) is 19.4 Å². The normalized spacial score (nSPS) is 11.2. The first kappa shape index (κ1) is 17.6. The van der Waals surface area contributed by atoms with Gasteiger partial charge in [-0.05, 0) is 25.5 Å². The molecule has 0 fully saturated rings. The number of methoxy groups -OCH3 is 3. The summed E-state index contributed by atoms with van der Waals surface area (Å²) in [6.07, 6.45) is 0.700. The van der Waals surface area contributed by atoms with Crippen LogP contribution >= 0.6 is 12.4 Å². The molecule has 2 N–H and O–H groups in total. The second-order valence-corrected chi connectivity index (χ2v) is 4.19. The zero-order chi connectivity index (χ0) is 13.7. The van der Waals surface area contributed by atoms with Crippen molar-refractivity contribution in [2.75, 3.05) is 21.3 Å². The zero-order valence-corrected chi connectivity index (χ0v) is 12.7. The Morgan fingerprint density at radius 3 is 2.16 bits per heavy atom. The van der Waals surface area contributed by atoms with Gasteiger partial charge in [0.05, 0.1) is 21.3 Å². The molecule has 1 aromatic carbocycles. The van der Waals surface area contributed by atoms with E-state index in [4.69, 9.17) is 19.9 Å². The number of hydrogen-bond acceptors (Lipinski definition) is 4. The van der Waals surface area contributed by atoms with E-state index in [1.165, 1.54) is 0 Å². The molecule has 0 spiro atoms. The van der Waals surface area contributed by atoms with Crippen molar-refractivity contribution in [3.8, 4) is 17.2 Å². The number of ether oxygens (including phenoxy) is 3. The minimum absolute atomic E-state index is 0. The van der Waals surface area contributed by atoms with E-state index in [-0.39, 0.29) is 18.4 Å². The molecule has 0 heterocycles. The van der Waals surface area contributed by atoms with Crippen LogP contribution in [-0.2, 0) is 0 Å². The highest BCUT2D eigenvalue weighted by molar-refractivity contribution is 5.85. The Balaban J connectivity index is 0.00000324. The maximum atomic E-state index is 6.15. The lowest BCUT2D eigenvalue weighted by atomic mass is 9.99. The van der Waals surface area contributed by atoms with E-state index < -0.39 is 0 Å². The van der Waals surface area contributed by atoms with Gasteiger partial charge in [0.15, 0.2) is 11.5 Å². The van der Waals surface area contributed by atoms with Crippen molar-refractivity contribution in [2.24, 2.45) is 5.73 Å². The van der Waals surface area contributed by atoms with Crippen LogP contribution in [0.1, 0.15) is 24.9 Å². The van der Waals surface area contributed by atoms with Gasteiger partial charge in [-0.3, -0.25) is 0 Å². The van der Waals surface area contributed by atoms with Gasteiger partial charge in [0.2, 0.25) is 5.75 Å². The summed E-state index contributed by atoms with van der Waals surface area (Å²) in [5, 5.41) is 0. The molecule has 0 saturated heterocycles. The summed E-state index contributed by atoms with van der Waals surface area (Å²) >= 11 is 0. The standard InChI is InChI=1S/C14H21NO3.ClH/c1-9(2)8-11(15)10-6-7-12(16-3)14(18-5)13(10)17-4;/h6-7,11H,1,8,15H2,2-5H3;1H/t11-;/m0./s1. The van der Waals surface area contributed by atoms with Gasteiger partial charge < -0.3 is 19.9 Å². The third-order valence-corrected chi connectivity index (χ3v) is 2.70. The van der Waals surface area contributed by atoms with Gasteiger partial charge in [-0.2, -0.15) is 0 Å². The van der Waals surface area contributed by atoms with E-state index in [2.05, 4.69) is 6.58 Å². The molecular weight excluding hydrogens is 266 g/mol. The summed E-state index contributed by atoms with van der Waals surface area (Å²) in [5.74, 6) is 1.81. The van der Waals surface area contributed by atoms with Crippen molar-refractivity contribution >= 4 is 12.4 Å². The lowest BCUT2D eigenvalue weighted by Gasteiger charge is -2.19. The van der Waals surface area contributed by atoms with Crippen molar-refractivity contribution in [1.82, 2.24) is 0 Å². The summed E-state index contributed by atoms with van der Waals surface area (Å²) in [6.45, 7) is 5.83. The summed E-state index contributed by atoms with van der Waals surface area (Å²) in [6, 6.07) is 3.56. The smallest absolute Gasteiger partial charge is 0.203 e. The average molecular weight is 288 g/mol. The Morgan fingerprint density at radius 1 is 1.16 bits per heavy atom. The molecule has 1 atom stereocenters. The van der Waals surface area contributed by atoms with Crippen LogP contribution in [0, 0.1) is 0 Å². The second kappa shape index (κ2) is 7.92. The van der Waals surface area contributed by atoms with E-state index >= 15 is 0 Å². The number of halogens is 1. The zero-order valence-electron chi connectivity index (χ0n) is 11.9. The van der Waals surface area contributed by atoms with Crippen LogP contribution in [0.25, 0.3) is 0 Å². The minimum atomic E-state index is -0.169.